The minimum atomic E-state index is 0.601. The van der Waals surface area contributed by atoms with Crippen LogP contribution in [0.3, 0.4) is 0 Å². The molecule has 1 heterocycles. The van der Waals surface area contributed by atoms with Crippen LogP contribution in [0.25, 0.3) is 10.9 Å². The zero-order valence-corrected chi connectivity index (χ0v) is 13.5. The van der Waals surface area contributed by atoms with Crippen LogP contribution in [0.1, 0.15) is 5.56 Å². The van der Waals surface area contributed by atoms with E-state index in [0.717, 1.165) is 22.2 Å². The number of ether oxygens (including phenoxy) is 3. The van der Waals surface area contributed by atoms with Crippen molar-refractivity contribution in [3.8, 4) is 17.2 Å². The van der Waals surface area contributed by atoms with Gasteiger partial charge in [0.1, 0.15) is 0 Å². The summed E-state index contributed by atoms with van der Waals surface area (Å²) in [6.07, 6.45) is 2.05. The predicted molar refractivity (Wildman–Crippen MR) is 91.6 cm³/mol. The first kappa shape index (κ1) is 15.1. The molecule has 0 atom stereocenters. The molecule has 23 heavy (non-hydrogen) atoms. The van der Waals surface area contributed by atoms with Crippen molar-refractivity contribution in [3.05, 3.63) is 48.2 Å². The fourth-order valence-corrected chi connectivity index (χ4v) is 2.78. The van der Waals surface area contributed by atoms with Crippen molar-refractivity contribution >= 4 is 16.6 Å². The van der Waals surface area contributed by atoms with Crippen LogP contribution in [0.4, 0.5) is 5.69 Å². The van der Waals surface area contributed by atoms with Gasteiger partial charge in [0.15, 0.2) is 11.5 Å². The highest BCUT2D eigenvalue weighted by atomic mass is 16.5. The van der Waals surface area contributed by atoms with E-state index >= 15 is 0 Å². The van der Waals surface area contributed by atoms with Crippen LogP contribution < -0.4 is 19.9 Å². The van der Waals surface area contributed by atoms with Gasteiger partial charge in [0.25, 0.3) is 0 Å². The first-order chi connectivity index (χ1) is 11.2. The number of methoxy groups -OCH3 is 3. The van der Waals surface area contributed by atoms with E-state index < -0.39 is 0 Å². The Bertz CT molecular complexity index is 814. The topological polar surface area (TPSA) is 58.6 Å². The Labute approximate surface area is 135 Å². The number of nitrogens with zero attached hydrogens (tertiary/aromatic N) is 1. The molecule has 0 saturated heterocycles. The normalized spacial score (nSPS) is 10.7. The van der Waals surface area contributed by atoms with Crippen LogP contribution in [0.2, 0.25) is 0 Å². The second-order valence-electron chi connectivity index (χ2n) is 5.30. The van der Waals surface area contributed by atoms with E-state index in [9.17, 15) is 0 Å². The molecular weight excluding hydrogens is 292 g/mol. The van der Waals surface area contributed by atoms with Gasteiger partial charge in [-0.05, 0) is 42.0 Å². The second kappa shape index (κ2) is 6.12. The quantitative estimate of drug-likeness (QED) is 0.734. The molecule has 5 heteroatoms. The van der Waals surface area contributed by atoms with Crippen LogP contribution in [0.5, 0.6) is 17.2 Å². The van der Waals surface area contributed by atoms with E-state index in [0.29, 0.717) is 23.8 Å². The van der Waals surface area contributed by atoms with E-state index in [2.05, 4.69) is 10.6 Å². The van der Waals surface area contributed by atoms with Crippen molar-refractivity contribution in [2.75, 3.05) is 27.1 Å². The summed E-state index contributed by atoms with van der Waals surface area (Å²) in [5.41, 5.74) is 8.80. The van der Waals surface area contributed by atoms with Crippen molar-refractivity contribution in [2.24, 2.45) is 0 Å². The van der Waals surface area contributed by atoms with Crippen molar-refractivity contribution in [1.29, 1.82) is 0 Å². The minimum Gasteiger partial charge on any atom is -0.493 e. The molecule has 0 aliphatic rings. The summed E-state index contributed by atoms with van der Waals surface area (Å²) in [5.74, 6) is 1.91. The van der Waals surface area contributed by atoms with Crippen molar-refractivity contribution < 1.29 is 14.2 Å². The highest BCUT2D eigenvalue weighted by Crippen LogP contribution is 2.38. The Morgan fingerprint density at radius 2 is 1.61 bits per heavy atom. The standard InChI is InChI=1S/C18H20N2O3/c1-21-16-8-12(9-17(22-2)18(16)23-3)11-20-7-6-13-10-14(19)4-5-15(13)20/h4-10H,11,19H2,1-3H3. The lowest BCUT2D eigenvalue weighted by Gasteiger charge is -2.15. The molecule has 0 aliphatic heterocycles. The molecule has 2 aromatic carbocycles. The molecule has 2 N–H and O–H groups in total. The summed E-state index contributed by atoms with van der Waals surface area (Å²) in [5, 5.41) is 1.12. The Hall–Kier alpha value is -2.82. The molecule has 120 valence electrons. The highest BCUT2D eigenvalue weighted by molar-refractivity contribution is 5.83. The second-order valence-corrected chi connectivity index (χ2v) is 5.30. The summed E-state index contributed by atoms with van der Waals surface area (Å²) < 4.78 is 18.3. The Morgan fingerprint density at radius 1 is 0.913 bits per heavy atom. The lowest BCUT2D eigenvalue weighted by molar-refractivity contribution is 0.323. The molecule has 0 spiro atoms. The smallest absolute Gasteiger partial charge is 0.203 e. The lowest BCUT2D eigenvalue weighted by Crippen LogP contribution is -2.01. The van der Waals surface area contributed by atoms with Gasteiger partial charge in [0.2, 0.25) is 5.75 Å². The van der Waals surface area contributed by atoms with Gasteiger partial charge in [-0.2, -0.15) is 0 Å². The fourth-order valence-electron chi connectivity index (χ4n) is 2.78. The van der Waals surface area contributed by atoms with E-state index in [4.69, 9.17) is 19.9 Å². The fraction of sp³-hybridized carbons (Fsp3) is 0.222. The summed E-state index contributed by atoms with van der Waals surface area (Å²) in [7, 11) is 4.84. The summed E-state index contributed by atoms with van der Waals surface area (Å²) in [6, 6.07) is 11.9. The van der Waals surface area contributed by atoms with Gasteiger partial charge >= 0.3 is 0 Å². The Balaban J connectivity index is 2.01. The van der Waals surface area contributed by atoms with Crippen molar-refractivity contribution in [1.82, 2.24) is 4.57 Å². The van der Waals surface area contributed by atoms with E-state index in [1.807, 2.05) is 36.5 Å². The third-order valence-electron chi connectivity index (χ3n) is 3.87. The molecule has 3 aromatic rings. The number of nitrogen functional groups attached to an aromatic ring is 1. The van der Waals surface area contributed by atoms with E-state index in [-0.39, 0.29) is 0 Å². The maximum Gasteiger partial charge on any atom is 0.203 e. The average molecular weight is 312 g/mol. The third kappa shape index (κ3) is 2.77. The Kier molecular flexibility index (Phi) is 4.02. The molecular formula is C18H20N2O3. The van der Waals surface area contributed by atoms with Gasteiger partial charge < -0.3 is 24.5 Å². The van der Waals surface area contributed by atoms with Crippen molar-refractivity contribution in [3.63, 3.8) is 0 Å². The number of hydrogen-bond acceptors (Lipinski definition) is 4. The van der Waals surface area contributed by atoms with Crippen LogP contribution in [-0.2, 0) is 6.54 Å². The number of benzene rings is 2. The maximum absolute atomic E-state index is 5.84. The van der Waals surface area contributed by atoms with E-state index in [1.54, 1.807) is 21.3 Å². The molecule has 0 fully saturated rings. The molecule has 1 aromatic heterocycles. The Morgan fingerprint density at radius 3 is 2.22 bits per heavy atom. The minimum absolute atomic E-state index is 0.601. The molecule has 0 radical (unpaired) electrons. The number of anilines is 1. The summed E-state index contributed by atoms with van der Waals surface area (Å²) >= 11 is 0. The van der Waals surface area contributed by atoms with Gasteiger partial charge in [-0.3, -0.25) is 0 Å². The monoisotopic (exact) mass is 312 g/mol. The number of hydrogen-bond donors (Lipinski definition) is 1. The number of fused-ring (bicyclic) bond motifs is 1. The number of aromatic nitrogens is 1. The predicted octanol–water partition coefficient (Wildman–Crippen LogP) is 3.30. The summed E-state index contributed by atoms with van der Waals surface area (Å²) in [6.45, 7) is 0.699. The van der Waals surface area contributed by atoms with Crippen LogP contribution in [-0.4, -0.2) is 25.9 Å². The first-order valence-corrected chi connectivity index (χ1v) is 7.29. The van der Waals surface area contributed by atoms with Crippen LogP contribution in [0.15, 0.2) is 42.6 Å². The highest BCUT2D eigenvalue weighted by Gasteiger charge is 2.13. The van der Waals surface area contributed by atoms with E-state index in [1.165, 1.54) is 0 Å². The lowest BCUT2D eigenvalue weighted by atomic mass is 10.1. The number of nitrogens with two attached hydrogens (primary N) is 1. The zero-order valence-electron chi connectivity index (χ0n) is 13.5. The van der Waals surface area contributed by atoms with Gasteiger partial charge in [0, 0.05) is 29.3 Å². The molecule has 0 saturated carbocycles. The van der Waals surface area contributed by atoms with Crippen molar-refractivity contribution in [2.45, 2.75) is 6.54 Å². The average Bonchev–Trinajstić information content (AvgIpc) is 2.95. The van der Waals surface area contributed by atoms with Gasteiger partial charge in [-0.25, -0.2) is 0 Å². The molecule has 0 bridgehead atoms. The molecule has 0 amide bonds. The zero-order chi connectivity index (χ0) is 16.4. The van der Waals surface area contributed by atoms with Gasteiger partial charge in [0.05, 0.1) is 21.3 Å². The van der Waals surface area contributed by atoms with Crippen LogP contribution >= 0.6 is 0 Å². The maximum atomic E-state index is 5.84. The molecule has 0 aliphatic carbocycles. The molecule has 5 nitrogen and oxygen atoms in total. The molecule has 0 unspecified atom stereocenters. The summed E-state index contributed by atoms with van der Waals surface area (Å²) in [4.78, 5) is 0. The van der Waals surface area contributed by atoms with Gasteiger partial charge in [-0.15, -0.1) is 0 Å². The third-order valence-corrected chi connectivity index (χ3v) is 3.87. The SMILES string of the molecule is COc1cc(Cn2ccc3cc(N)ccc32)cc(OC)c1OC. The first-order valence-electron chi connectivity index (χ1n) is 7.29. The number of rotatable bonds is 5. The largest absolute Gasteiger partial charge is 0.493 e. The molecule has 3 rings (SSSR count). The van der Waals surface area contributed by atoms with Gasteiger partial charge in [-0.1, -0.05) is 0 Å². The van der Waals surface area contributed by atoms with Crippen LogP contribution in [0, 0.1) is 0 Å².